The van der Waals surface area contributed by atoms with Crippen LogP contribution in [0.4, 0.5) is 5.69 Å². The molecular weight excluding hydrogens is 208 g/mol. The lowest BCUT2D eigenvalue weighted by Gasteiger charge is -1.98. The van der Waals surface area contributed by atoms with Crippen LogP contribution in [0, 0.1) is 10.1 Å². The Bertz CT molecular complexity index is 521. The van der Waals surface area contributed by atoms with Crippen molar-refractivity contribution in [1.82, 2.24) is 15.0 Å². The number of aromatic nitrogens is 3. The Kier molecular flexibility index (Phi) is 2.63. The van der Waals surface area contributed by atoms with Crippen molar-refractivity contribution in [1.29, 1.82) is 0 Å². The lowest BCUT2D eigenvalue weighted by Crippen LogP contribution is -1.96. The number of hydrogen-bond acceptors (Lipinski definition) is 4. The van der Waals surface area contributed by atoms with Gasteiger partial charge >= 0.3 is 0 Å². The molecule has 2 rings (SSSR count). The summed E-state index contributed by atoms with van der Waals surface area (Å²) in [5.74, 6) is 0. The number of nitro groups is 1. The summed E-state index contributed by atoms with van der Waals surface area (Å²) in [6.07, 6.45) is 2.55. The fourth-order valence-electron chi connectivity index (χ4n) is 1.34. The van der Waals surface area contributed by atoms with Crippen molar-refractivity contribution in [3.63, 3.8) is 0 Å². The molecule has 0 aliphatic heterocycles. The van der Waals surface area contributed by atoms with Crippen LogP contribution in [0.3, 0.4) is 0 Å². The number of aryl methyl sites for hydroxylation is 1. The van der Waals surface area contributed by atoms with Gasteiger partial charge in [-0.1, -0.05) is 18.2 Å². The highest BCUT2D eigenvalue weighted by atomic mass is 16.6. The van der Waals surface area contributed by atoms with E-state index in [9.17, 15) is 10.1 Å². The summed E-state index contributed by atoms with van der Waals surface area (Å²) in [6.45, 7) is 1.97. The van der Waals surface area contributed by atoms with Crippen LogP contribution in [-0.4, -0.2) is 19.9 Å². The second kappa shape index (κ2) is 4.09. The molecule has 6 heteroatoms. The van der Waals surface area contributed by atoms with E-state index in [-0.39, 0.29) is 5.69 Å². The molecule has 0 saturated carbocycles. The zero-order chi connectivity index (χ0) is 11.5. The zero-order valence-corrected chi connectivity index (χ0v) is 8.70. The molecule has 2 aromatic rings. The molecule has 1 heterocycles. The zero-order valence-electron chi connectivity index (χ0n) is 8.70. The van der Waals surface area contributed by atoms with Gasteiger partial charge in [-0.05, 0) is 12.5 Å². The van der Waals surface area contributed by atoms with Gasteiger partial charge in [0.2, 0.25) is 0 Å². The minimum atomic E-state index is -0.429. The largest absolute Gasteiger partial charge is 0.271 e. The van der Waals surface area contributed by atoms with E-state index in [0.29, 0.717) is 5.69 Å². The summed E-state index contributed by atoms with van der Waals surface area (Å²) in [5, 5.41) is 18.4. The molecule has 0 aliphatic carbocycles. The van der Waals surface area contributed by atoms with E-state index in [2.05, 4.69) is 10.3 Å². The van der Waals surface area contributed by atoms with Crippen LogP contribution >= 0.6 is 0 Å². The van der Waals surface area contributed by atoms with Crippen molar-refractivity contribution >= 4 is 5.69 Å². The van der Waals surface area contributed by atoms with Gasteiger partial charge in [0.15, 0.2) is 0 Å². The molecule has 0 aliphatic rings. The van der Waals surface area contributed by atoms with Crippen LogP contribution in [0.15, 0.2) is 30.5 Å². The average molecular weight is 218 g/mol. The van der Waals surface area contributed by atoms with Gasteiger partial charge in [0, 0.05) is 12.1 Å². The molecule has 1 aromatic heterocycles. The van der Waals surface area contributed by atoms with Gasteiger partial charge in [0.1, 0.15) is 0 Å². The van der Waals surface area contributed by atoms with Crippen molar-refractivity contribution in [2.45, 2.75) is 13.3 Å². The maximum Gasteiger partial charge on any atom is 0.271 e. The van der Waals surface area contributed by atoms with Crippen molar-refractivity contribution < 1.29 is 4.92 Å². The molecule has 0 unspecified atom stereocenters. The molecule has 0 spiro atoms. The van der Waals surface area contributed by atoms with Gasteiger partial charge in [-0.2, -0.15) is 0 Å². The quantitative estimate of drug-likeness (QED) is 0.581. The molecule has 0 saturated heterocycles. The van der Waals surface area contributed by atoms with Crippen LogP contribution in [-0.2, 0) is 6.42 Å². The van der Waals surface area contributed by atoms with Gasteiger partial charge in [-0.25, -0.2) is 4.68 Å². The van der Waals surface area contributed by atoms with E-state index in [4.69, 9.17) is 0 Å². The molecule has 0 radical (unpaired) electrons. The third kappa shape index (κ3) is 1.90. The third-order valence-electron chi connectivity index (χ3n) is 2.21. The molecule has 6 nitrogen and oxygen atoms in total. The van der Waals surface area contributed by atoms with E-state index in [1.165, 1.54) is 16.8 Å². The maximum absolute atomic E-state index is 10.6. The monoisotopic (exact) mass is 218 g/mol. The van der Waals surface area contributed by atoms with Gasteiger partial charge < -0.3 is 0 Å². The predicted molar refractivity (Wildman–Crippen MR) is 57.4 cm³/mol. The first-order valence-electron chi connectivity index (χ1n) is 4.86. The Labute approximate surface area is 91.7 Å². The van der Waals surface area contributed by atoms with Crippen molar-refractivity contribution in [3.05, 3.63) is 46.3 Å². The SMILES string of the molecule is CCc1cn(-c2cccc([N+](=O)[O-])c2)nn1. The van der Waals surface area contributed by atoms with Crippen molar-refractivity contribution in [3.8, 4) is 5.69 Å². The number of nitrogens with zero attached hydrogens (tertiary/aromatic N) is 4. The molecule has 1 aromatic carbocycles. The van der Waals surface area contributed by atoms with E-state index < -0.39 is 4.92 Å². The summed E-state index contributed by atoms with van der Waals surface area (Å²) in [4.78, 5) is 10.2. The number of benzene rings is 1. The van der Waals surface area contributed by atoms with Gasteiger partial charge in [0.25, 0.3) is 5.69 Å². The molecule has 82 valence electrons. The first-order valence-corrected chi connectivity index (χ1v) is 4.86. The fourth-order valence-corrected chi connectivity index (χ4v) is 1.34. The van der Waals surface area contributed by atoms with E-state index in [0.717, 1.165) is 12.1 Å². The van der Waals surface area contributed by atoms with E-state index in [1.807, 2.05) is 6.92 Å². The minimum Gasteiger partial charge on any atom is -0.258 e. The Morgan fingerprint density at radius 3 is 2.94 bits per heavy atom. The molecule has 0 amide bonds. The van der Waals surface area contributed by atoms with E-state index >= 15 is 0 Å². The number of rotatable bonds is 3. The average Bonchev–Trinajstić information content (AvgIpc) is 2.77. The number of hydrogen-bond donors (Lipinski definition) is 0. The summed E-state index contributed by atoms with van der Waals surface area (Å²) < 4.78 is 1.53. The van der Waals surface area contributed by atoms with Crippen LogP contribution in [0.5, 0.6) is 0 Å². The second-order valence-corrected chi connectivity index (χ2v) is 3.28. The molecule has 0 fully saturated rings. The minimum absolute atomic E-state index is 0.0473. The van der Waals surface area contributed by atoms with Crippen molar-refractivity contribution in [2.24, 2.45) is 0 Å². The van der Waals surface area contributed by atoms with Crippen molar-refractivity contribution in [2.75, 3.05) is 0 Å². The summed E-state index contributed by atoms with van der Waals surface area (Å²) in [7, 11) is 0. The highest BCUT2D eigenvalue weighted by molar-refractivity contribution is 5.42. The highest BCUT2D eigenvalue weighted by Gasteiger charge is 2.07. The lowest BCUT2D eigenvalue weighted by molar-refractivity contribution is -0.384. The number of nitro benzene ring substituents is 1. The Hall–Kier alpha value is -2.24. The predicted octanol–water partition coefficient (Wildman–Crippen LogP) is 1.74. The normalized spacial score (nSPS) is 10.3. The van der Waals surface area contributed by atoms with Crippen LogP contribution in [0.1, 0.15) is 12.6 Å². The topological polar surface area (TPSA) is 73.8 Å². The summed E-state index contributed by atoms with van der Waals surface area (Å²) >= 11 is 0. The third-order valence-corrected chi connectivity index (χ3v) is 2.21. The molecule has 16 heavy (non-hydrogen) atoms. The van der Waals surface area contributed by atoms with Crippen LogP contribution in [0.25, 0.3) is 5.69 Å². The Morgan fingerprint density at radius 1 is 1.50 bits per heavy atom. The smallest absolute Gasteiger partial charge is 0.258 e. The Morgan fingerprint density at radius 2 is 2.31 bits per heavy atom. The summed E-state index contributed by atoms with van der Waals surface area (Å²) in [6, 6.07) is 6.29. The molecule has 0 atom stereocenters. The summed E-state index contributed by atoms with van der Waals surface area (Å²) in [5.41, 5.74) is 1.54. The fraction of sp³-hybridized carbons (Fsp3) is 0.200. The van der Waals surface area contributed by atoms with Crippen LogP contribution < -0.4 is 0 Å². The van der Waals surface area contributed by atoms with Crippen LogP contribution in [0.2, 0.25) is 0 Å². The molecule has 0 bridgehead atoms. The highest BCUT2D eigenvalue weighted by Crippen LogP contribution is 2.15. The van der Waals surface area contributed by atoms with Gasteiger partial charge in [-0.15, -0.1) is 5.10 Å². The first-order chi connectivity index (χ1) is 7.70. The Balaban J connectivity index is 2.40. The maximum atomic E-state index is 10.6. The number of non-ortho nitro benzene ring substituents is 1. The molecule has 0 N–H and O–H groups in total. The second-order valence-electron chi connectivity index (χ2n) is 3.28. The van der Waals surface area contributed by atoms with Gasteiger partial charge in [-0.3, -0.25) is 10.1 Å². The standard InChI is InChI=1S/C10H10N4O2/c1-2-8-7-13(12-11-8)9-4-3-5-10(6-9)14(15)16/h3-7H,2H2,1H3. The van der Waals surface area contributed by atoms with E-state index in [1.54, 1.807) is 18.3 Å². The first kappa shape index (κ1) is 10.3. The van der Waals surface area contributed by atoms with Gasteiger partial charge in [0.05, 0.1) is 22.5 Å². The molecular formula is C10H10N4O2. The lowest BCUT2D eigenvalue weighted by atomic mass is 10.3.